The zero-order valence-electron chi connectivity index (χ0n) is 16.9. The number of imide groups is 1. The van der Waals surface area contributed by atoms with E-state index in [2.05, 4.69) is 0 Å². The van der Waals surface area contributed by atoms with Crippen LogP contribution in [-0.2, 0) is 4.79 Å². The number of carbonyl (C=O) groups excluding carboxylic acids is 3. The first-order valence-electron chi connectivity index (χ1n) is 9.81. The van der Waals surface area contributed by atoms with Crippen LogP contribution in [0.1, 0.15) is 34.1 Å². The molecule has 1 aliphatic rings. The fraction of sp³-hybridized carbons (Fsp3) is 0.208. The van der Waals surface area contributed by atoms with Crippen LogP contribution in [0.2, 0.25) is 0 Å². The molecule has 4 rings (SSSR count). The maximum atomic E-state index is 13.0. The minimum Gasteiger partial charge on any atom is -0.497 e. The molecule has 6 nitrogen and oxygen atoms in total. The zero-order chi connectivity index (χ0) is 21.3. The highest BCUT2D eigenvalue weighted by Crippen LogP contribution is 2.30. The van der Waals surface area contributed by atoms with Gasteiger partial charge in [-0.2, -0.15) is 0 Å². The molecule has 0 radical (unpaired) electrons. The van der Waals surface area contributed by atoms with Crippen LogP contribution in [0.4, 0.5) is 5.69 Å². The predicted octanol–water partition coefficient (Wildman–Crippen LogP) is 3.89. The Morgan fingerprint density at radius 1 is 0.933 bits per heavy atom. The molecule has 3 aromatic rings. The highest BCUT2D eigenvalue weighted by molar-refractivity contribution is 6.25. The minimum absolute atomic E-state index is 0.105. The Hall–Kier alpha value is -3.67. The third-order valence-corrected chi connectivity index (χ3v) is 5.38. The van der Waals surface area contributed by atoms with E-state index in [-0.39, 0.29) is 24.3 Å². The number of amides is 3. The molecule has 0 spiro atoms. The third-order valence-electron chi connectivity index (χ3n) is 5.38. The number of nitrogens with zero attached hydrogens (tertiary/aromatic N) is 2. The van der Waals surface area contributed by atoms with Crippen molar-refractivity contribution >= 4 is 34.2 Å². The monoisotopic (exact) mass is 402 g/mol. The van der Waals surface area contributed by atoms with Crippen molar-refractivity contribution in [1.82, 2.24) is 4.90 Å². The lowest BCUT2D eigenvalue weighted by atomic mass is 9.94. The SMILES string of the molecule is COc1ccc(N(CCCN2C(=O)c3cccc4cccc(c34)C2=O)C(C)=O)cc1. The fourth-order valence-electron chi connectivity index (χ4n) is 3.90. The Kier molecular flexibility index (Phi) is 5.23. The van der Waals surface area contributed by atoms with E-state index >= 15 is 0 Å². The van der Waals surface area contributed by atoms with Gasteiger partial charge in [0.05, 0.1) is 7.11 Å². The lowest BCUT2D eigenvalue weighted by Gasteiger charge is -2.28. The van der Waals surface area contributed by atoms with Gasteiger partial charge in [0.15, 0.2) is 0 Å². The summed E-state index contributed by atoms with van der Waals surface area (Å²) in [5, 5.41) is 1.60. The topological polar surface area (TPSA) is 66.9 Å². The Morgan fingerprint density at radius 2 is 1.53 bits per heavy atom. The van der Waals surface area contributed by atoms with E-state index in [0.29, 0.717) is 29.8 Å². The second kappa shape index (κ2) is 7.99. The van der Waals surface area contributed by atoms with Gasteiger partial charge in [-0.1, -0.05) is 24.3 Å². The van der Waals surface area contributed by atoms with Crippen LogP contribution >= 0.6 is 0 Å². The third kappa shape index (κ3) is 3.41. The van der Waals surface area contributed by atoms with Crippen molar-refractivity contribution in [3.8, 4) is 5.75 Å². The van der Waals surface area contributed by atoms with Crippen LogP contribution < -0.4 is 9.64 Å². The standard InChI is InChI=1S/C24H22N2O4/c1-16(27)25(18-10-12-19(30-2)13-11-18)14-5-15-26-23(28)20-8-3-6-17-7-4-9-21(22(17)20)24(26)29/h3-4,6-13H,5,14-15H2,1-2H3. The van der Waals surface area contributed by atoms with Crippen LogP contribution in [0, 0.1) is 0 Å². The van der Waals surface area contributed by atoms with Gasteiger partial charge < -0.3 is 9.64 Å². The van der Waals surface area contributed by atoms with Gasteiger partial charge in [-0.3, -0.25) is 19.3 Å². The molecule has 0 saturated carbocycles. The molecule has 3 amide bonds. The lowest BCUT2D eigenvalue weighted by Crippen LogP contribution is -2.42. The van der Waals surface area contributed by atoms with Crippen molar-refractivity contribution in [2.24, 2.45) is 0 Å². The maximum absolute atomic E-state index is 13.0. The average Bonchev–Trinajstić information content (AvgIpc) is 2.76. The number of carbonyl (C=O) groups is 3. The molecule has 152 valence electrons. The lowest BCUT2D eigenvalue weighted by molar-refractivity contribution is -0.116. The van der Waals surface area contributed by atoms with Gasteiger partial charge in [-0.15, -0.1) is 0 Å². The molecule has 0 unspecified atom stereocenters. The molecule has 6 heteroatoms. The summed E-state index contributed by atoms with van der Waals surface area (Å²) in [6, 6.07) is 18.2. The molecule has 0 saturated heterocycles. The number of hydrogen-bond acceptors (Lipinski definition) is 4. The van der Waals surface area contributed by atoms with Gasteiger partial charge in [0, 0.05) is 42.2 Å². The molecule has 0 N–H and O–H groups in total. The Bertz CT molecular complexity index is 1090. The van der Waals surface area contributed by atoms with Crippen LogP contribution in [0.5, 0.6) is 5.75 Å². The largest absolute Gasteiger partial charge is 0.497 e. The summed E-state index contributed by atoms with van der Waals surface area (Å²) in [6.07, 6.45) is 0.473. The smallest absolute Gasteiger partial charge is 0.261 e. The molecule has 1 aliphatic heterocycles. The quantitative estimate of drug-likeness (QED) is 0.587. The summed E-state index contributed by atoms with van der Waals surface area (Å²) in [5.74, 6) is 0.0254. The molecule has 0 fully saturated rings. The zero-order valence-corrected chi connectivity index (χ0v) is 16.9. The second-order valence-electron chi connectivity index (χ2n) is 7.19. The number of ether oxygens (including phenoxy) is 1. The predicted molar refractivity (Wildman–Crippen MR) is 115 cm³/mol. The van der Waals surface area contributed by atoms with E-state index in [4.69, 9.17) is 4.74 Å². The van der Waals surface area contributed by atoms with Gasteiger partial charge >= 0.3 is 0 Å². The van der Waals surface area contributed by atoms with E-state index in [0.717, 1.165) is 16.5 Å². The summed E-state index contributed by atoms with van der Waals surface area (Å²) in [7, 11) is 1.59. The summed E-state index contributed by atoms with van der Waals surface area (Å²) in [5.41, 5.74) is 1.83. The van der Waals surface area contributed by atoms with Crippen LogP contribution in [0.25, 0.3) is 10.8 Å². The molecule has 0 atom stereocenters. The summed E-state index contributed by atoms with van der Waals surface area (Å²) < 4.78 is 5.16. The number of hydrogen-bond donors (Lipinski definition) is 0. The molecule has 1 heterocycles. The van der Waals surface area contributed by atoms with Gasteiger partial charge in [0.1, 0.15) is 5.75 Å². The first kappa shape index (κ1) is 19.6. The van der Waals surface area contributed by atoms with Gasteiger partial charge in [-0.25, -0.2) is 0 Å². The summed E-state index contributed by atoms with van der Waals surface area (Å²) in [4.78, 5) is 41.0. The first-order chi connectivity index (χ1) is 14.5. The van der Waals surface area contributed by atoms with Crippen molar-refractivity contribution in [3.63, 3.8) is 0 Å². The molecule has 0 bridgehead atoms. The highest BCUT2D eigenvalue weighted by atomic mass is 16.5. The van der Waals surface area contributed by atoms with Crippen LogP contribution in [0.3, 0.4) is 0 Å². The molecule has 0 aliphatic carbocycles. The Balaban J connectivity index is 1.51. The maximum Gasteiger partial charge on any atom is 0.261 e. The van der Waals surface area contributed by atoms with E-state index in [1.807, 2.05) is 36.4 Å². The summed E-state index contributed by atoms with van der Waals surface area (Å²) >= 11 is 0. The minimum atomic E-state index is -0.289. The van der Waals surface area contributed by atoms with E-state index < -0.39 is 0 Å². The fourth-order valence-corrected chi connectivity index (χ4v) is 3.90. The number of benzene rings is 3. The number of rotatable bonds is 6. The summed E-state index contributed by atoms with van der Waals surface area (Å²) in [6.45, 7) is 2.13. The number of anilines is 1. The first-order valence-corrected chi connectivity index (χ1v) is 9.81. The van der Waals surface area contributed by atoms with Crippen molar-refractivity contribution < 1.29 is 19.1 Å². The molecule has 0 aromatic heterocycles. The highest BCUT2D eigenvalue weighted by Gasteiger charge is 2.32. The van der Waals surface area contributed by atoms with E-state index in [1.165, 1.54) is 11.8 Å². The van der Waals surface area contributed by atoms with Crippen molar-refractivity contribution in [1.29, 1.82) is 0 Å². The van der Waals surface area contributed by atoms with Crippen LogP contribution in [-0.4, -0.2) is 42.8 Å². The molecular weight excluding hydrogens is 380 g/mol. The van der Waals surface area contributed by atoms with Crippen molar-refractivity contribution in [3.05, 3.63) is 71.8 Å². The molecule has 3 aromatic carbocycles. The Morgan fingerprint density at radius 3 is 2.07 bits per heavy atom. The molecular formula is C24H22N2O4. The van der Waals surface area contributed by atoms with Gasteiger partial charge in [-0.05, 0) is 48.2 Å². The van der Waals surface area contributed by atoms with E-state index in [1.54, 1.807) is 36.3 Å². The average molecular weight is 402 g/mol. The number of methoxy groups -OCH3 is 1. The normalized spacial score (nSPS) is 12.9. The second-order valence-corrected chi connectivity index (χ2v) is 7.19. The van der Waals surface area contributed by atoms with E-state index in [9.17, 15) is 14.4 Å². The van der Waals surface area contributed by atoms with Gasteiger partial charge in [0.2, 0.25) is 5.91 Å². The Labute approximate surface area is 174 Å². The van der Waals surface area contributed by atoms with Gasteiger partial charge in [0.25, 0.3) is 11.8 Å². The van der Waals surface area contributed by atoms with Crippen molar-refractivity contribution in [2.75, 3.05) is 25.1 Å². The van der Waals surface area contributed by atoms with Crippen LogP contribution in [0.15, 0.2) is 60.7 Å². The molecule has 30 heavy (non-hydrogen) atoms. The van der Waals surface area contributed by atoms with Crippen molar-refractivity contribution in [2.45, 2.75) is 13.3 Å².